The number of imidazole rings is 1. The van der Waals surface area contributed by atoms with E-state index in [2.05, 4.69) is 50.6 Å². The molecule has 10 nitrogen and oxygen atoms in total. The molecule has 3 aliphatic carbocycles. The van der Waals surface area contributed by atoms with Crippen molar-refractivity contribution >= 4 is 22.9 Å². The lowest BCUT2D eigenvalue weighted by atomic mass is 9.82. The van der Waals surface area contributed by atoms with E-state index >= 15 is 0 Å². The quantitative estimate of drug-likeness (QED) is 0.157. The maximum atomic E-state index is 13.8. The second kappa shape index (κ2) is 13.6. The molecule has 2 atom stereocenters. The Labute approximate surface area is 315 Å². The smallest absolute Gasteiger partial charge is 0.407 e. The average Bonchev–Trinajstić information content (AvgIpc) is 4.03. The van der Waals surface area contributed by atoms with Crippen LogP contribution in [0.2, 0.25) is 0 Å². The maximum Gasteiger partial charge on any atom is 0.407 e. The van der Waals surface area contributed by atoms with Gasteiger partial charge in [0.1, 0.15) is 11.9 Å². The summed E-state index contributed by atoms with van der Waals surface area (Å²) in [5, 5.41) is 3.37. The molecule has 0 bridgehead atoms. The molecule has 3 heterocycles. The van der Waals surface area contributed by atoms with E-state index < -0.39 is 12.1 Å². The number of rotatable bonds is 7. The van der Waals surface area contributed by atoms with Crippen molar-refractivity contribution in [3.05, 3.63) is 93.4 Å². The summed E-state index contributed by atoms with van der Waals surface area (Å²) in [4.78, 5) is 56.1. The van der Waals surface area contributed by atoms with Crippen LogP contribution in [-0.4, -0.2) is 56.5 Å². The molecular formula is C44H48N6O4. The molecule has 1 spiro atoms. The molecular weight excluding hydrogens is 677 g/mol. The molecule has 1 saturated heterocycles. The highest BCUT2D eigenvalue weighted by atomic mass is 16.5. The molecule has 2 aromatic heterocycles. The van der Waals surface area contributed by atoms with Gasteiger partial charge in [-0.15, -0.1) is 0 Å². The summed E-state index contributed by atoms with van der Waals surface area (Å²) in [7, 11) is 1.31. The number of benzene rings is 3. The number of hydrogen-bond acceptors (Lipinski definition) is 6. The lowest BCUT2D eigenvalue weighted by Crippen LogP contribution is -2.51. The highest BCUT2D eigenvalue weighted by molar-refractivity contribution is 5.88. The van der Waals surface area contributed by atoms with Gasteiger partial charge >= 0.3 is 6.09 Å². The zero-order valence-electron chi connectivity index (χ0n) is 31.4. The molecule has 9 rings (SSSR count). The number of likely N-dealkylation sites (tertiary alicyclic amines) is 1. The number of methoxy groups -OCH3 is 1. The van der Waals surface area contributed by atoms with Crippen molar-refractivity contribution in [2.45, 2.75) is 96.6 Å². The second-order valence-electron chi connectivity index (χ2n) is 16.3. The van der Waals surface area contributed by atoms with Gasteiger partial charge in [0.25, 0.3) is 5.56 Å². The zero-order valence-corrected chi connectivity index (χ0v) is 31.4. The predicted molar refractivity (Wildman–Crippen MR) is 209 cm³/mol. The van der Waals surface area contributed by atoms with Gasteiger partial charge in [0.15, 0.2) is 0 Å². The van der Waals surface area contributed by atoms with E-state index in [4.69, 9.17) is 9.72 Å². The molecule has 5 aromatic rings. The van der Waals surface area contributed by atoms with Gasteiger partial charge in [-0.2, -0.15) is 0 Å². The highest BCUT2D eigenvalue weighted by Gasteiger charge is 2.42. The van der Waals surface area contributed by atoms with Gasteiger partial charge in [-0.05, 0) is 126 Å². The fourth-order valence-corrected chi connectivity index (χ4v) is 10.2. The Hall–Kier alpha value is -5.25. The highest BCUT2D eigenvalue weighted by Crippen LogP contribution is 2.54. The summed E-state index contributed by atoms with van der Waals surface area (Å²) in [6.07, 6.45) is 15.0. The number of aromatic amines is 2. The first-order valence-electron chi connectivity index (χ1n) is 19.7. The minimum atomic E-state index is -0.670. The Morgan fingerprint density at radius 2 is 1.59 bits per heavy atom. The molecule has 2 fully saturated rings. The summed E-state index contributed by atoms with van der Waals surface area (Å²) in [5.41, 5.74) is 13.8. The molecule has 1 aliphatic heterocycles. The Kier molecular flexibility index (Phi) is 8.66. The van der Waals surface area contributed by atoms with Gasteiger partial charge in [-0.25, -0.2) is 14.8 Å². The van der Waals surface area contributed by atoms with Crippen molar-refractivity contribution in [1.29, 1.82) is 0 Å². The van der Waals surface area contributed by atoms with Crippen LogP contribution in [0.3, 0.4) is 0 Å². The number of nitrogens with one attached hydrogen (secondary N) is 3. The maximum absolute atomic E-state index is 13.8. The number of amides is 2. The average molecular weight is 725 g/mol. The van der Waals surface area contributed by atoms with Crippen LogP contribution in [-0.2, 0) is 35.2 Å². The number of alkyl carbamates (subject to hydrolysis) is 1. The van der Waals surface area contributed by atoms with Crippen molar-refractivity contribution in [1.82, 2.24) is 30.2 Å². The molecule has 0 radical (unpaired) electrons. The molecule has 10 heteroatoms. The van der Waals surface area contributed by atoms with E-state index in [1.165, 1.54) is 83.6 Å². The van der Waals surface area contributed by atoms with Crippen LogP contribution in [0, 0.1) is 11.3 Å². The summed E-state index contributed by atoms with van der Waals surface area (Å²) in [6, 6.07) is 14.5. The Balaban J connectivity index is 1.06. The number of hydrogen-bond donors (Lipinski definition) is 3. The van der Waals surface area contributed by atoms with Crippen molar-refractivity contribution in [2.75, 3.05) is 13.7 Å². The molecule has 278 valence electrons. The predicted octanol–water partition coefficient (Wildman–Crippen LogP) is 7.84. The Bertz CT molecular complexity index is 2350. The molecule has 54 heavy (non-hydrogen) atoms. The lowest BCUT2D eigenvalue weighted by molar-refractivity contribution is -0.135. The number of nitrogens with zero attached hydrogens (tertiary/aromatic N) is 3. The fourth-order valence-electron chi connectivity index (χ4n) is 10.2. The first-order chi connectivity index (χ1) is 26.2. The second-order valence-corrected chi connectivity index (χ2v) is 16.3. The topological polar surface area (TPSA) is 133 Å². The summed E-state index contributed by atoms with van der Waals surface area (Å²) in [6.45, 7) is 4.48. The van der Waals surface area contributed by atoms with Crippen LogP contribution < -0.4 is 10.9 Å². The van der Waals surface area contributed by atoms with Crippen LogP contribution in [0.15, 0.2) is 59.8 Å². The number of ether oxygens (including phenoxy) is 1. The van der Waals surface area contributed by atoms with Gasteiger partial charge < -0.3 is 24.9 Å². The monoisotopic (exact) mass is 724 g/mol. The van der Waals surface area contributed by atoms with Gasteiger partial charge in [0, 0.05) is 12.1 Å². The number of aromatic nitrogens is 4. The summed E-state index contributed by atoms with van der Waals surface area (Å²) >= 11 is 0. The van der Waals surface area contributed by atoms with E-state index in [1.807, 2.05) is 37.1 Å². The van der Waals surface area contributed by atoms with Crippen molar-refractivity contribution in [3.8, 4) is 33.5 Å². The standard InChI is InChI=1S/C44H48N6O4/c1-25(2)39(49-43(53)54-3)42(52)50-19-7-10-38(50)40-45-23-37(48-40)32-15-14-30(28-8-6-9-29(28)32)31-13-12-27(34-21-44(22-35(31)34)17-4-5-18-44)26-11-16-36-33(20-26)41(51)47-24-46-36/h11-16,20,23-25,38-39H,4-10,17-19,21-22H2,1-3H3,(H,45,48)(H,49,53)(H,46,47,51). The molecule has 3 N–H and O–H groups in total. The largest absolute Gasteiger partial charge is 0.453 e. The number of carbonyl (C=O) groups is 2. The summed E-state index contributed by atoms with van der Waals surface area (Å²) in [5.74, 6) is 0.591. The van der Waals surface area contributed by atoms with Crippen LogP contribution in [0.5, 0.6) is 0 Å². The first kappa shape index (κ1) is 34.5. The van der Waals surface area contributed by atoms with Gasteiger partial charge in [0.05, 0.1) is 42.3 Å². The van der Waals surface area contributed by atoms with E-state index in [9.17, 15) is 14.4 Å². The van der Waals surface area contributed by atoms with E-state index in [0.29, 0.717) is 22.9 Å². The van der Waals surface area contributed by atoms with Crippen molar-refractivity contribution < 1.29 is 14.3 Å². The third-order valence-electron chi connectivity index (χ3n) is 12.9. The van der Waals surface area contributed by atoms with E-state index in [0.717, 1.165) is 62.0 Å². The molecule has 4 aliphatic rings. The minimum Gasteiger partial charge on any atom is -0.453 e. The van der Waals surface area contributed by atoms with Gasteiger partial charge in [-0.3, -0.25) is 9.59 Å². The first-order valence-corrected chi connectivity index (χ1v) is 19.7. The fraction of sp³-hybridized carbons (Fsp3) is 0.432. The molecule has 1 saturated carbocycles. The van der Waals surface area contributed by atoms with Gasteiger partial charge in [0.2, 0.25) is 5.91 Å². The van der Waals surface area contributed by atoms with Crippen LogP contribution in [0.25, 0.3) is 44.4 Å². The Morgan fingerprint density at radius 1 is 0.889 bits per heavy atom. The van der Waals surface area contributed by atoms with E-state index in [-0.39, 0.29) is 23.4 Å². The normalized spacial score (nSPS) is 19.1. The third-order valence-corrected chi connectivity index (χ3v) is 12.9. The van der Waals surface area contributed by atoms with Crippen LogP contribution >= 0.6 is 0 Å². The minimum absolute atomic E-state index is 0.0886. The Morgan fingerprint density at radius 3 is 2.35 bits per heavy atom. The van der Waals surface area contributed by atoms with Gasteiger partial charge in [-0.1, -0.05) is 57.0 Å². The SMILES string of the molecule is COC(=O)NC(C(=O)N1CCCC1c1ncc(-c2ccc(-c3ccc(-c4ccc5nc[nH]c(=O)c5c4)c4c3CC3(CCCC3)C4)c3c2CCC3)[nH]1)C(C)C. The van der Waals surface area contributed by atoms with E-state index in [1.54, 1.807) is 0 Å². The summed E-state index contributed by atoms with van der Waals surface area (Å²) < 4.78 is 4.81. The number of fused-ring (bicyclic) bond motifs is 3. The zero-order chi connectivity index (χ0) is 37.1. The lowest BCUT2D eigenvalue weighted by Gasteiger charge is -2.30. The molecule has 3 aromatic carbocycles. The molecule has 2 unspecified atom stereocenters. The van der Waals surface area contributed by atoms with Crippen molar-refractivity contribution in [3.63, 3.8) is 0 Å². The van der Waals surface area contributed by atoms with Crippen LogP contribution in [0.1, 0.15) is 92.9 Å². The number of carbonyl (C=O) groups excluding carboxylic acids is 2. The number of H-pyrrole nitrogens is 2. The van der Waals surface area contributed by atoms with Crippen molar-refractivity contribution in [2.24, 2.45) is 11.3 Å². The van der Waals surface area contributed by atoms with Crippen LogP contribution in [0.4, 0.5) is 4.79 Å². The molecule has 2 amide bonds. The third kappa shape index (κ3) is 5.81.